The summed E-state index contributed by atoms with van der Waals surface area (Å²) in [5, 5.41) is 17.1. The Bertz CT molecular complexity index is 617. The van der Waals surface area contributed by atoms with Crippen LogP contribution in [0.1, 0.15) is 59.8 Å². The zero-order valence-electron chi connectivity index (χ0n) is 19.6. The molecule has 0 aliphatic rings. The van der Waals surface area contributed by atoms with Crippen molar-refractivity contribution in [2.24, 2.45) is 23.3 Å². The lowest BCUT2D eigenvalue weighted by atomic mass is 10.0. The lowest BCUT2D eigenvalue weighted by Crippen LogP contribution is -2.58. The Kier molecular flexibility index (Phi) is 15.0. The molecule has 0 heterocycles. The summed E-state index contributed by atoms with van der Waals surface area (Å²) in [6.45, 7) is 7.99. The van der Waals surface area contributed by atoms with Gasteiger partial charge in [0.15, 0.2) is 0 Å². The van der Waals surface area contributed by atoms with Crippen LogP contribution in [-0.4, -0.2) is 65.3 Å². The molecule has 0 spiro atoms. The first-order valence-corrected chi connectivity index (χ1v) is 11.8. The third-order valence-electron chi connectivity index (χ3n) is 4.78. The Balaban J connectivity index is 5.17. The quantitative estimate of drug-likeness (QED) is 0.121. The van der Waals surface area contributed by atoms with E-state index in [0.29, 0.717) is 25.8 Å². The summed E-state index contributed by atoms with van der Waals surface area (Å²) in [5.74, 6) is -2.66. The Hall–Kier alpha value is -1.85. The number of unbranched alkanes of at least 4 members (excludes halogenated alkanes) is 1. The molecule has 0 rings (SSSR count). The van der Waals surface area contributed by atoms with Crippen molar-refractivity contribution >= 4 is 36.3 Å². The zero-order chi connectivity index (χ0) is 24.8. The van der Waals surface area contributed by atoms with Crippen molar-refractivity contribution in [3.8, 4) is 0 Å². The third-order valence-corrected chi connectivity index (χ3v) is 5.15. The van der Waals surface area contributed by atoms with E-state index in [9.17, 15) is 24.3 Å². The molecule has 4 unspecified atom stereocenters. The fourth-order valence-corrected chi connectivity index (χ4v) is 3.31. The van der Waals surface area contributed by atoms with Crippen molar-refractivity contribution in [1.82, 2.24) is 16.0 Å². The summed E-state index contributed by atoms with van der Waals surface area (Å²) in [6, 6.07) is -3.77. The number of amides is 3. The van der Waals surface area contributed by atoms with Crippen LogP contribution in [0.4, 0.5) is 0 Å². The number of carbonyl (C=O) groups is 4. The molecular formula is C21H41N5O5S. The van der Waals surface area contributed by atoms with Gasteiger partial charge in [-0.2, -0.15) is 12.6 Å². The van der Waals surface area contributed by atoms with Crippen molar-refractivity contribution in [1.29, 1.82) is 0 Å². The second kappa shape index (κ2) is 15.9. The van der Waals surface area contributed by atoms with Crippen molar-refractivity contribution < 1.29 is 24.3 Å². The molecule has 186 valence electrons. The molecule has 0 aliphatic heterocycles. The maximum absolute atomic E-state index is 12.8. The predicted octanol–water partition coefficient (Wildman–Crippen LogP) is 0.00370. The number of hydrogen-bond acceptors (Lipinski definition) is 7. The van der Waals surface area contributed by atoms with Gasteiger partial charge in [0.25, 0.3) is 0 Å². The smallest absolute Gasteiger partial charge is 0.326 e. The minimum absolute atomic E-state index is 0.00815. The highest BCUT2D eigenvalue weighted by Crippen LogP contribution is 2.09. The number of aliphatic carboxylic acids is 1. The molecule has 8 N–H and O–H groups in total. The van der Waals surface area contributed by atoms with Gasteiger partial charge < -0.3 is 32.5 Å². The number of nitrogens with one attached hydrogen (secondary N) is 3. The molecule has 0 aromatic heterocycles. The summed E-state index contributed by atoms with van der Waals surface area (Å²) in [6.07, 6.45) is 2.45. The predicted molar refractivity (Wildman–Crippen MR) is 127 cm³/mol. The Morgan fingerprint density at radius 3 is 1.75 bits per heavy atom. The van der Waals surface area contributed by atoms with E-state index in [1.807, 2.05) is 27.7 Å². The molecule has 0 aromatic rings. The van der Waals surface area contributed by atoms with Crippen LogP contribution in [0.15, 0.2) is 0 Å². The van der Waals surface area contributed by atoms with Crippen LogP contribution in [0.2, 0.25) is 0 Å². The van der Waals surface area contributed by atoms with E-state index in [-0.39, 0.29) is 24.0 Å². The molecule has 0 bridgehead atoms. The standard InChI is InChI=1S/C21H41N5O5S/c1-12(2)9-15(19(28)25-16(21(30)31)10-13(3)4)24-20(29)17(11-32)26-18(27)14(23)7-5-6-8-22/h12-17,32H,5-11,22-23H2,1-4H3,(H,24,29)(H,25,28)(H,26,27)(H,30,31). The minimum atomic E-state index is -1.13. The molecule has 11 heteroatoms. The first-order valence-electron chi connectivity index (χ1n) is 11.1. The number of carboxylic acid groups (broad SMARTS) is 1. The maximum Gasteiger partial charge on any atom is 0.326 e. The lowest BCUT2D eigenvalue weighted by Gasteiger charge is -2.26. The third kappa shape index (κ3) is 12.3. The largest absolute Gasteiger partial charge is 0.480 e. The molecule has 10 nitrogen and oxygen atoms in total. The van der Waals surface area contributed by atoms with E-state index in [4.69, 9.17) is 11.5 Å². The fourth-order valence-electron chi connectivity index (χ4n) is 3.05. The molecule has 0 aromatic carbocycles. The van der Waals surface area contributed by atoms with E-state index in [1.165, 1.54) is 0 Å². The van der Waals surface area contributed by atoms with Gasteiger partial charge in [0.05, 0.1) is 6.04 Å². The number of nitrogens with two attached hydrogens (primary N) is 2. The van der Waals surface area contributed by atoms with E-state index in [1.54, 1.807) is 0 Å². The fraction of sp³-hybridized carbons (Fsp3) is 0.810. The molecule has 0 saturated heterocycles. The summed E-state index contributed by atoms with van der Waals surface area (Å²) in [5.41, 5.74) is 11.3. The van der Waals surface area contributed by atoms with Gasteiger partial charge >= 0.3 is 5.97 Å². The number of rotatable bonds is 16. The Morgan fingerprint density at radius 1 is 0.812 bits per heavy atom. The van der Waals surface area contributed by atoms with Crippen molar-refractivity contribution in [3.05, 3.63) is 0 Å². The number of hydrogen-bond donors (Lipinski definition) is 7. The molecule has 0 fully saturated rings. The highest BCUT2D eigenvalue weighted by Gasteiger charge is 2.30. The molecule has 0 saturated carbocycles. The van der Waals surface area contributed by atoms with E-state index in [0.717, 1.165) is 6.42 Å². The van der Waals surface area contributed by atoms with Crippen molar-refractivity contribution in [2.75, 3.05) is 12.3 Å². The van der Waals surface area contributed by atoms with Gasteiger partial charge in [-0.25, -0.2) is 4.79 Å². The van der Waals surface area contributed by atoms with Gasteiger partial charge in [-0.3, -0.25) is 14.4 Å². The van der Waals surface area contributed by atoms with Crippen LogP contribution in [0.25, 0.3) is 0 Å². The van der Waals surface area contributed by atoms with Gasteiger partial charge in [-0.15, -0.1) is 0 Å². The normalized spacial score (nSPS) is 15.0. The van der Waals surface area contributed by atoms with Crippen LogP contribution in [0.3, 0.4) is 0 Å². The summed E-state index contributed by atoms with van der Waals surface area (Å²) >= 11 is 4.14. The van der Waals surface area contributed by atoms with Crippen LogP contribution in [0.5, 0.6) is 0 Å². The Morgan fingerprint density at radius 2 is 1.28 bits per heavy atom. The average molecular weight is 476 g/mol. The monoisotopic (exact) mass is 475 g/mol. The highest BCUT2D eigenvalue weighted by molar-refractivity contribution is 7.80. The number of carboxylic acids is 1. The molecule has 4 atom stereocenters. The molecule has 0 radical (unpaired) electrons. The van der Waals surface area contributed by atoms with Gasteiger partial charge in [0.1, 0.15) is 18.1 Å². The van der Waals surface area contributed by atoms with Crippen LogP contribution in [-0.2, 0) is 19.2 Å². The summed E-state index contributed by atoms with van der Waals surface area (Å²) in [7, 11) is 0. The van der Waals surface area contributed by atoms with Crippen LogP contribution < -0.4 is 27.4 Å². The van der Waals surface area contributed by atoms with E-state index >= 15 is 0 Å². The highest BCUT2D eigenvalue weighted by atomic mass is 32.1. The second-order valence-electron chi connectivity index (χ2n) is 8.85. The molecule has 3 amide bonds. The van der Waals surface area contributed by atoms with E-state index < -0.39 is 47.9 Å². The van der Waals surface area contributed by atoms with Crippen molar-refractivity contribution in [2.45, 2.75) is 84.0 Å². The molecular weight excluding hydrogens is 434 g/mol. The lowest BCUT2D eigenvalue weighted by molar-refractivity contribution is -0.142. The van der Waals surface area contributed by atoms with Gasteiger partial charge in [-0.05, 0) is 44.1 Å². The number of thiol groups is 1. The first-order chi connectivity index (χ1) is 14.9. The first kappa shape index (κ1) is 30.1. The number of carbonyl (C=O) groups excluding carboxylic acids is 3. The topological polar surface area (TPSA) is 177 Å². The van der Waals surface area contributed by atoms with E-state index in [2.05, 4.69) is 28.6 Å². The maximum atomic E-state index is 12.8. The average Bonchev–Trinajstić information content (AvgIpc) is 2.69. The minimum Gasteiger partial charge on any atom is -0.480 e. The SMILES string of the molecule is CC(C)CC(NC(=O)C(CC(C)C)NC(=O)C(CS)NC(=O)C(N)CCCCN)C(=O)O. The van der Waals surface area contributed by atoms with Gasteiger partial charge in [-0.1, -0.05) is 34.1 Å². The van der Waals surface area contributed by atoms with Gasteiger partial charge in [0, 0.05) is 5.75 Å². The summed E-state index contributed by atoms with van der Waals surface area (Å²) < 4.78 is 0. The molecule has 32 heavy (non-hydrogen) atoms. The zero-order valence-corrected chi connectivity index (χ0v) is 20.5. The Labute approximate surface area is 196 Å². The van der Waals surface area contributed by atoms with Gasteiger partial charge in [0.2, 0.25) is 17.7 Å². The van der Waals surface area contributed by atoms with Crippen LogP contribution in [0, 0.1) is 11.8 Å². The second-order valence-corrected chi connectivity index (χ2v) is 9.22. The van der Waals surface area contributed by atoms with Crippen molar-refractivity contribution in [3.63, 3.8) is 0 Å². The summed E-state index contributed by atoms with van der Waals surface area (Å²) in [4.78, 5) is 49.3. The van der Waals surface area contributed by atoms with Crippen LogP contribution >= 0.6 is 12.6 Å². The molecule has 0 aliphatic carbocycles.